The molecule has 1 heterocycles. The first-order chi connectivity index (χ1) is 11.5. The SMILES string of the molecule is C=NC(=NCC)Nc1ccc(C(=O)N(C)C2CCN(C)CC2)cc1. The number of hydrogen-bond acceptors (Lipinski definition) is 3. The van der Waals surface area contributed by atoms with E-state index in [4.69, 9.17) is 0 Å². The normalized spacial score (nSPS) is 16.7. The van der Waals surface area contributed by atoms with E-state index in [0.29, 0.717) is 24.1 Å². The van der Waals surface area contributed by atoms with Crippen LogP contribution in [-0.4, -0.2) is 68.2 Å². The predicted molar refractivity (Wildman–Crippen MR) is 100 cm³/mol. The number of anilines is 1. The van der Waals surface area contributed by atoms with Crippen LogP contribution in [0.15, 0.2) is 34.3 Å². The van der Waals surface area contributed by atoms with Crippen LogP contribution in [0.4, 0.5) is 5.69 Å². The van der Waals surface area contributed by atoms with Gasteiger partial charge in [-0.1, -0.05) is 0 Å². The molecule has 0 atom stereocenters. The molecule has 6 heteroatoms. The summed E-state index contributed by atoms with van der Waals surface area (Å²) in [5.41, 5.74) is 1.54. The quantitative estimate of drug-likeness (QED) is 0.681. The maximum absolute atomic E-state index is 12.7. The summed E-state index contributed by atoms with van der Waals surface area (Å²) in [6, 6.07) is 7.73. The molecule has 1 amide bonds. The first-order valence-electron chi connectivity index (χ1n) is 8.39. The lowest BCUT2D eigenvalue weighted by atomic mass is 10.0. The van der Waals surface area contributed by atoms with Crippen molar-refractivity contribution in [1.82, 2.24) is 9.80 Å². The Morgan fingerprint density at radius 2 is 1.96 bits per heavy atom. The van der Waals surface area contributed by atoms with Gasteiger partial charge in [0.2, 0.25) is 5.96 Å². The van der Waals surface area contributed by atoms with Crippen LogP contribution < -0.4 is 5.32 Å². The summed E-state index contributed by atoms with van der Waals surface area (Å²) in [5, 5.41) is 3.08. The number of rotatable bonds is 4. The molecule has 0 aliphatic carbocycles. The van der Waals surface area contributed by atoms with Gasteiger partial charge in [-0.05, 0) is 70.9 Å². The number of nitrogens with one attached hydrogen (secondary N) is 1. The van der Waals surface area contributed by atoms with Gasteiger partial charge < -0.3 is 15.1 Å². The van der Waals surface area contributed by atoms with Crippen LogP contribution in [-0.2, 0) is 0 Å². The molecule has 0 unspecified atom stereocenters. The van der Waals surface area contributed by atoms with Crippen molar-refractivity contribution in [3.05, 3.63) is 29.8 Å². The van der Waals surface area contributed by atoms with Gasteiger partial charge in [-0.15, -0.1) is 0 Å². The van der Waals surface area contributed by atoms with E-state index in [1.54, 1.807) is 0 Å². The van der Waals surface area contributed by atoms with Crippen molar-refractivity contribution in [1.29, 1.82) is 0 Å². The van der Waals surface area contributed by atoms with E-state index >= 15 is 0 Å². The topological polar surface area (TPSA) is 60.3 Å². The van der Waals surface area contributed by atoms with Crippen LogP contribution in [0.1, 0.15) is 30.1 Å². The Morgan fingerprint density at radius 1 is 1.33 bits per heavy atom. The highest BCUT2D eigenvalue weighted by atomic mass is 16.2. The predicted octanol–water partition coefficient (Wildman–Crippen LogP) is 2.34. The highest BCUT2D eigenvalue weighted by Gasteiger charge is 2.24. The summed E-state index contributed by atoms with van der Waals surface area (Å²) in [5.74, 6) is 0.556. The van der Waals surface area contributed by atoms with Gasteiger partial charge in [0.05, 0.1) is 0 Å². The molecule has 0 bridgehead atoms. The number of carbonyl (C=O) groups excluding carboxylic acids is 1. The number of nitrogens with zero attached hydrogens (tertiary/aromatic N) is 4. The maximum Gasteiger partial charge on any atom is 0.253 e. The number of guanidine groups is 1. The highest BCUT2D eigenvalue weighted by molar-refractivity contribution is 5.98. The largest absolute Gasteiger partial charge is 0.339 e. The van der Waals surface area contributed by atoms with Gasteiger partial charge in [-0.2, -0.15) is 0 Å². The summed E-state index contributed by atoms with van der Waals surface area (Å²) in [6.45, 7) is 8.15. The summed E-state index contributed by atoms with van der Waals surface area (Å²) in [7, 11) is 4.02. The van der Waals surface area contributed by atoms with Crippen LogP contribution in [0.5, 0.6) is 0 Å². The number of likely N-dealkylation sites (tertiary alicyclic amines) is 1. The lowest BCUT2D eigenvalue weighted by Crippen LogP contribution is -2.44. The van der Waals surface area contributed by atoms with Gasteiger partial charge >= 0.3 is 0 Å². The monoisotopic (exact) mass is 329 g/mol. The molecule has 1 saturated heterocycles. The lowest BCUT2D eigenvalue weighted by Gasteiger charge is -2.35. The van der Waals surface area contributed by atoms with Crippen molar-refractivity contribution in [2.45, 2.75) is 25.8 Å². The van der Waals surface area contributed by atoms with Crippen molar-refractivity contribution in [3.8, 4) is 0 Å². The molecule has 6 nitrogen and oxygen atoms in total. The minimum absolute atomic E-state index is 0.0698. The molecule has 1 fully saturated rings. The third-order valence-corrected chi connectivity index (χ3v) is 4.40. The molecule has 24 heavy (non-hydrogen) atoms. The van der Waals surface area contributed by atoms with Gasteiger partial charge in [-0.3, -0.25) is 9.79 Å². The number of carbonyl (C=O) groups is 1. The van der Waals surface area contributed by atoms with E-state index in [2.05, 4.69) is 34.0 Å². The van der Waals surface area contributed by atoms with E-state index in [-0.39, 0.29) is 5.91 Å². The molecule has 130 valence electrons. The Balaban J connectivity index is 2.00. The molecule has 2 rings (SSSR count). The smallest absolute Gasteiger partial charge is 0.253 e. The zero-order chi connectivity index (χ0) is 17.5. The minimum Gasteiger partial charge on any atom is -0.339 e. The van der Waals surface area contributed by atoms with Crippen LogP contribution in [0.25, 0.3) is 0 Å². The van der Waals surface area contributed by atoms with Crippen molar-refractivity contribution in [2.75, 3.05) is 39.0 Å². The minimum atomic E-state index is 0.0698. The fourth-order valence-electron chi connectivity index (χ4n) is 2.86. The summed E-state index contributed by atoms with van der Waals surface area (Å²) >= 11 is 0. The second kappa shape index (κ2) is 8.59. The zero-order valence-corrected chi connectivity index (χ0v) is 14.8. The molecule has 0 spiro atoms. The third kappa shape index (κ3) is 4.64. The number of aliphatic imine (C=N–C) groups is 2. The molecular formula is C18H27N5O. The van der Waals surface area contributed by atoms with E-state index in [1.165, 1.54) is 0 Å². The van der Waals surface area contributed by atoms with E-state index in [9.17, 15) is 4.79 Å². The van der Waals surface area contributed by atoms with Gasteiger partial charge in [-0.25, -0.2) is 4.99 Å². The molecule has 1 aromatic carbocycles. The fourth-order valence-corrected chi connectivity index (χ4v) is 2.86. The van der Waals surface area contributed by atoms with Gasteiger partial charge in [0.1, 0.15) is 0 Å². The average molecular weight is 329 g/mol. The van der Waals surface area contributed by atoms with Crippen molar-refractivity contribution < 1.29 is 4.79 Å². The molecule has 0 saturated carbocycles. The first-order valence-corrected chi connectivity index (χ1v) is 8.39. The molecule has 1 N–H and O–H groups in total. The Labute approximate surface area is 144 Å². The zero-order valence-electron chi connectivity index (χ0n) is 14.8. The molecular weight excluding hydrogens is 302 g/mol. The van der Waals surface area contributed by atoms with Gasteiger partial charge in [0.15, 0.2) is 0 Å². The van der Waals surface area contributed by atoms with Crippen LogP contribution in [0, 0.1) is 0 Å². The second-order valence-corrected chi connectivity index (χ2v) is 6.11. The number of benzene rings is 1. The summed E-state index contributed by atoms with van der Waals surface area (Å²) < 4.78 is 0. The molecule has 1 aromatic rings. The average Bonchev–Trinajstić information content (AvgIpc) is 2.61. The molecule has 1 aliphatic heterocycles. The Kier molecular flexibility index (Phi) is 6.49. The third-order valence-electron chi connectivity index (χ3n) is 4.40. The highest BCUT2D eigenvalue weighted by Crippen LogP contribution is 2.18. The summed E-state index contributed by atoms with van der Waals surface area (Å²) in [6.07, 6.45) is 2.06. The number of piperidine rings is 1. The Bertz CT molecular complexity index is 588. The number of amides is 1. The Hall–Kier alpha value is -2.21. The lowest BCUT2D eigenvalue weighted by molar-refractivity contribution is 0.0659. The van der Waals surface area contributed by atoms with Gasteiger partial charge in [0, 0.05) is 30.9 Å². The summed E-state index contributed by atoms with van der Waals surface area (Å²) in [4.78, 5) is 24.9. The molecule has 0 radical (unpaired) electrons. The van der Waals surface area contributed by atoms with Crippen LogP contribution in [0.2, 0.25) is 0 Å². The van der Waals surface area contributed by atoms with Crippen LogP contribution >= 0.6 is 0 Å². The maximum atomic E-state index is 12.7. The fraction of sp³-hybridized carbons (Fsp3) is 0.500. The van der Waals surface area contributed by atoms with E-state index in [1.807, 2.05) is 43.1 Å². The second-order valence-electron chi connectivity index (χ2n) is 6.11. The standard InChI is InChI=1S/C18H27N5O/c1-5-20-18(19-2)21-15-8-6-14(7-9-15)17(24)23(4)16-10-12-22(3)13-11-16/h6-9,16H,2,5,10-13H2,1,3-4H3,(H,20,21). The number of hydrogen-bond donors (Lipinski definition) is 1. The van der Waals surface area contributed by atoms with Gasteiger partial charge in [0.25, 0.3) is 5.91 Å². The van der Waals surface area contributed by atoms with E-state index < -0.39 is 0 Å². The van der Waals surface area contributed by atoms with Crippen LogP contribution in [0.3, 0.4) is 0 Å². The van der Waals surface area contributed by atoms with Crippen molar-refractivity contribution in [2.24, 2.45) is 9.98 Å². The first kappa shape index (κ1) is 18.1. The van der Waals surface area contributed by atoms with Crippen molar-refractivity contribution >= 4 is 24.3 Å². The van der Waals surface area contributed by atoms with Crippen molar-refractivity contribution in [3.63, 3.8) is 0 Å². The molecule has 0 aromatic heterocycles. The molecule has 1 aliphatic rings. The Morgan fingerprint density at radius 3 is 2.50 bits per heavy atom. The van der Waals surface area contributed by atoms with E-state index in [0.717, 1.165) is 31.6 Å².